The number of hydrogen-bond acceptors (Lipinski definition) is 4. The molecule has 0 aliphatic heterocycles. The van der Waals surface area contributed by atoms with Crippen LogP contribution in [0.2, 0.25) is 0 Å². The molecule has 0 aliphatic rings. The maximum Gasteiger partial charge on any atom is 0.123 e. The summed E-state index contributed by atoms with van der Waals surface area (Å²) >= 11 is 0. The van der Waals surface area contributed by atoms with Gasteiger partial charge in [-0.1, -0.05) is 13.0 Å². The van der Waals surface area contributed by atoms with Gasteiger partial charge in [0.1, 0.15) is 11.5 Å². The third kappa shape index (κ3) is 3.72. The average Bonchev–Trinajstić information content (AvgIpc) is 2.80. The van der Waals surface area contributed by atoms with E-state index in [4.69, 9.17) is 0 Å². The molecule has 0 fully saturated rings. The third-order valence-corrected chi connectivity index (χ3v) is 2.85. The number of phenolic OH excluding ortho intramolecular Hbond substituents is 2. The molecule has 19 heavy (non-hydrogen) atoms. The van der Waals surface area contributed by atoms with Crippen LogP contribution in [0.4, 0.5) is 0 Å². The number of hydrogen-bond donors (Lipinski definition) is 3. The summed E-state index contributed by atoms with van der Waals surface area (Å²) in [6, 6.07) is 4.62. The van der Waals surface area contributed by atoms with Crippen LogP contribution in [0.15, 0.2) is 30.6 Å². The second-order valence-corrected chi connectivity index (χ2v) is 4.53. The van der Waals surface area contributed by atoms with E-state index in [2.05, 4.69) is 17.3 Å². The molecule has 0 spiro atoms. The standard InChI is InChI=1S/C14H19N3O2/c1-2-5-17-10-11(8-16-17)7-15-9-12-3-4-13(18)6-14(12)19/h3-4,6,8,10,15,18-19H,2,5,7,9H2,1H3. The van der Waals surface area contributed by atoms with Crippen molar-refractivity contribution in [1.29, 1.82) is 0 Å². The first-order chi connectivity index (χ1) is 9.19. The third-order valence-electron chi connectivity index (χ3n) is 2.85. The van der Waals surface area contributed by atoms with Crippen molar-refractivity contribution in [2.24, 2.45) is 0 Å². The van der Waals surface area contributed by atoms with Crippen LogP contribution in [-0.2, 0) is 19.6 Å². The molecule has 3 N–H and O–H groups in total. The van der Waals surface area contributed by atoms with Gasteiger partial charge in [0.25, 0.3) is 0 Å². The number of aromatic nitrogens is 2. The van der Waals surface area contributed by atoms with E-state index in [1.54, 1.807) is 12.1 Å². The van der Waals surface area contributed by atoms with Gasteiger partial charge in [0.15, 0.2) is 0 Å². The molecule has 0 atom stereocenters. The topological polar surface area (TPSA) is 70.3 Å². The minimum absolute atomic E-state index is 0.0714. The summed E-state index contributed by atoms with van der Waals surface area (Å²) in [5.41, 5.74) is 1.88. The molecule has 1 heterocycles. The zero-order valence-electron chi connectivity index (χ0n) is 11.0. The lowest BCUT2D eigenvalue weighted by Crippen LogP contribution is -2.12. The smallest absolute Gasteiger partial charge is 0.123 e. The summed E-state index contributed by atoms with van der Waals surface area (Å²) in [5, 5.41) is 26.3. The minimum Gasteiger partial charge on any atom is -0.508 e. The maximum atomic E-state index is 9.65. The van der Waals surface area contributed by atoms with E-state index >= 15 is 0 Å². The molecule has 5 heteroatoms. The summed E-state index contributed by atoms with van der Waals surface area (Å²) in [6.07, 6.45) is 4.93. The van der Waals surface area contributed by atoms with Crippen LogP contribution in [0.5, 0.6) is 11.5 Å². The Hall–Kier alpha value is -2.01. The highest BCUT2D eigenvalue weighted by Gasteiger charge is 2.03. The van der Waals surface area contributed by atoms with E-state index in [-0.39, 0.29) is 11.5 Å². The Labute approximate surface area is 112 Å². The molecule has 0 unspecified atom stereocenters. The molecular formula is C14H19N3O2. The molecule has 102 valence electrons. The van der Waals surface area contributed by atoms with E-state index in [1.807, 2.05) is 17.1 Å². The number of nitrogens with one attached hydrogen (secondary N) is 1. The van der Waals surface area contributed by atoms with Gasteiger partial charge in [-0.15, -0.1) is 0 Å². The van der Waals surface area contributed by atoms with Crippen LogP contribution in [0, 0.1) is 0 Å². The lowest BCUT2D eigenvalue weighted by atomic mass is 10.2. The summed E-state index contributed by atoms with van der Waals surface area (Å²) < 4.78 is 1.93. The first-order valence-corrected chi connectivity index (χ1v) is 6.42. The van der Waals surface area contributed by atoms with Gasteiger partial charge >= 0.3 is 0 Å². The van der Waals surface area contributed by atoms with Crippen LogP contribution in [-0.4, -0.2) is 20.0 Å². The molecule has 0 bridgehead atoms. The van der Waals surface area contributed by atoms with Crippen molar-refractivity contribution in [3.63, 3.8) is 0 Å². The largest absolute Gasteiger partial charge is 0.508 e. The zero-order chi connectivity index (χ0) is 13.7. The van der Waals surface area contributed by atoms with Gasteiger partial charge in [-0.3, -0.25) is 4.68 Å². The zero-order valence-corrected chi connectivity index (χ0v) is 11.0. The van der Waals surface area contributed by atoms with Crippen LogP contribution >= 0.6 is 0 Å². The number of aryl methyl sites for hydroxylation is 1. The van der Waals surface area contributed by atoms with Gasteiger partial charge in [-0.05, 0) is 12.5 Å². The van der Waals surface area contributed by atoms with Crippen molar-refractivity contribution in [2.45, 2.75) is 33.0 Å². The fraction of sp³-hybridized carbons (Fsp3) is 0.357. The molecule has 1 aromatic heterocycles. The normalized spacial score (nSPS) is 10.8. The Morgan fingerprint density at radius 2 is 2.11 bits per heavy atom. The van der Waals surface area contributed by atoms with E-state index in [0.29, 0.717) is 13.1 Å². The van der Waals surface area contributed by atoms with Gasteiger partial charge in [0.05, 0.1) is 6.20 Å². The van der Waals surface area contributed by atoms with E-state index < -0.39 is 0 Å². The van der Waals surface area contributed by atoms with Crippen molar-refractivity contribution in [2.75, 3.05) is 0 Å². The number of nitrogens with zero attached hydrogens (tertiary/aromatic N) is 2. The molecule has 0 saturated carbocycles. The molecule has 0 aliphatic carbocycles. The van der Waals surface area contributed by atoms with Crippen molar-refractivity contribution < 1.29 is 10.2 Å². The second kappa shape index (κ2) is 6.24. The Balaban J connectivity index is 1.85. The number of aromatic hydroxyl groups is 2. The van der Waals surface area contributed by atoms with Crippen molar-refractivity contribution >= 4 is 0 Å². The van der Waals surface area contributed by atoms with Crippen LogP contribution in [0.25, 0.3) is 0 Å². The highest BCUT2D eigenvalue weighted by Crippen LogP contribution is 2.22. The summed E-state index contributed by atoms with van der Waals surface area (Å²) in [5.74, 6) is 0.177. The quantitative estimate of drug-likeness (QED) is 0.743. The van der Waals surface area contributed by atoms with Gasteiger partial charge in [0.2, 0.25) is 0 Å². The SMILES string of the molecule is CCCn1cc(CNCc2ccc(O)cc2O)cn1. The molecule has 2 aromatic rings. The van der Waals surface area contributed by atoms with E-state index in [0.717, 1.165) is 24.1 Å². The first-order valence-electron chi connectivity index (χ1n) is 6.42. The Morgan fingerprint density at radius 1 is 1.26 bits per heavy atom. The monoisotopic (exact) mass is 261 g/mol. The summed E-state index contributed by atoms with van der Waals surface area (Å²) in [4.78, 5) is 0. The average molecular weight is 261 g/mol. The predicted molar refractivity (Wildman–Crippen MR) is 72.8 cm³/mol. The lowest BCUT2D eigenvalue weighted by Gasteiger charge is -2.06. The summed E-state index contributed by atoms with van der Waals surface area (Å²) in [6.45, 7) is 4.29. The fourth-order valence-electron chi connectivity index (χ4n) is 1.89. The second-order valence-electron chi connectivity index (χ2n) is 4.53. The Bertz CT molecular complexity index is 537. The molecular weight excluding hydrogens is 242 g/mol. The molecule has 2 rings (SSSR count). The highest BCUT2D eigenvalue weighted by molar-refractivity contribution is 5.38. The van der Waals surface area contributed by atoms with Crippen LogP contribution in [0.1, 0.15) is 24.5 Å². The van der Waals surface area contributed by atoms with Crippen molar-refractivity contribution in [3.8, 4) is 11.5 Å². The minimum atomic E-state index is 0.0714. The fourth-order valence-corrected chi connectivity index (χ4v) is 1.89. The Morgan fingerprint density at radius 3 is 2.84 bits per heavy atom. The van der Waals surface area contributed by atoms with Gasteiger partial charge in [-0.25, -0.2) is 0 Å². The number of benzene rings is 1. The molecule has 1 aromatic carbocycles. The molecule has 5 nitrogen and oxygen atoms in total. The van der Waals surface area contributed by atoms with Crippen molar-refractivity contribution in [3.05, 3.63) is 41.7 Å². The van der Waals surface area contributed by atoms with E-state index in [9.17, 15) is 10.2 Å². The highest BCUT2D eigenvalue weighted by atomic mass is 16.3. The number of rotatable bonds is 6. The van der Waals surface area contributed by atoms with Gasteiger partial charge in [0, 0.05) is 43.0 Å². The first kappa shape index (κ1) is 13.4. The van der Waals surface area contributed by atoms with Crippen LogP contribution < -0.4 is 5.32 Å². The van der Waals surface area contributed by atoms with Crippen LogP contribution in [0.3, 0.4) is 0 Å². The number of phenols is 2. The lowest BCUT2D eigenvalue weighted by molar-refractivity contribution is 0.443. The van der Waals surface area contributed by atoms with Gasteiger partial charge in [-0.2, -0.15) is 5.10 Å². The molecule has 0 radical (unpaired) electrons. The van der Waals surface area contributed by atoms with E-state index in [1.165, 1.54) is 6.07 Å². The van der Waals surface area contributed by atoms with Crippen molar-refractivity contribution in [1.82, 2.24) is 15.1 Å². The van der Waals surface area contributed by atoms with Gasteiger partial charge < -0.3 is 15.5 Å². The molecule has 0 saturated heterocycles. The molecule has 0 amide bonds. The summed E-state index contributed by atoms with van der Waals surface area (Å²) in [7, 11) is 0. The maximum absolute atomic E-state index is 9.65. The Kier molecular flexibility index (Phi) is 4.41. The predicted octanol–water partition coefficient (Wildman–Crippen LogP) is 1.99.